The van der Waals surface area contributed by atoms with Crippen molar-refractivity contribution in [1.29, 1.82) is 0 Å². The maximum atomic E-state index is 12.5. The molecule has 0 aliphatic carbocycles. The number of rotatable bonds is 3. The van der Waals surface area contributed by atoms with E-state index in [0.29, 0.717) is 22.5 Å². The summed E-state index contributed by atoms with van der Waals surface area (Å²) in [5.41, 5.74) is 1.92. The second-order valence-electron chi connectivity index (χ2n) is 5.58. The first-order valence-electron chi connectivity index (χ1n) is 7.80. The highest BCUT2D eigenvalue weighted by Crippen LogP contribution is 2.29. The van der Waals surface area contributed by atoms with Crippen LogP contribution in [0, 0.1) is 0 Å². The molecule has 7 heteroatoms. The zero-order chi connectivity index (χ0) is 18.1. The Hall–Kier alpha value is -3.87. The fourth-order valence-electron chi connectivity index (χ4n) is 2.73. The number of benzene rings is 2. The van der Waals surface area contributed by atoms with Crippen molar-refractivity contribution >= 4 is 29.1 Å². The van der Waals surface area contributed by atoms with Crippen LogP contribution in [0.2, 0.25) is 0 Å². The van der Waals surface area contributed by atoms with Gasteiger partial charge in [0.1, 0.15) is 5.69 Å². The van der Waals surface area contributed by atoms with Gasteiger partial charge in [-0.05, 0) is 36.4 Å². The van der Waals surface area contributed by atoms with Crippen LogP contribution < -0.4 is 10.2 Å². The number of aromatic nitrogens is 2. The molecule has 3 aromatic rings. The van der Waals surface area contributed by atoms with Crippen molar-refractivity contribution in [3.63, 3.8) is 0 Å². The molecule has 1 aliphatic heterocycles. The van der Waals surface area contributed by atoms with Crippen LogP contribution in [-0.4, -0.2) is 27.7 Å². The lowest BCUT2D eigenvalue weighted by Crippen LogP contribution is -2.29. The minimum absolute atomic E-state index is 0.192. The summed E-state index contributed by atoms with van der Waals surface area (Å²) in [5.74, 6) is -1.12. The van der Waals surface area contributed by atoms with E-state index in [-0.39, 0.29) is 17.5 Å². The number of carbonyl (C=O) groups is 3. The van der Waals surface area contributed by atoms with Gasteiger partial charge in [0, 0.05) is 18.1 Å². The molecular weight excluding hydrogens is 332 g/mol. The number of fused-ring (bicyclic) bond motifs is 1. The number of imide groups is 1. The van der Waals surface area contributed by atoms with Gasteiger partial charge in [0.05, 0.1) is 23.0 Å². The highest BCUT2D eigenvalue weighted by molar-refractivity contribution is 6.34. The number of amides is 3. The normalized spacial score (nSPS) is 12.8. The zero-order valence-corrected chi connectivity index (χ0v) is 13.4. The molecule has 2 heterocycles. The van der Waals surface area contributed by atoms with Crippen LogP contribution in [-0.2, 0) is 0 Å². The number of nitrogens with zero attached hydrogens (tertiary/aromatic N) is 3. The molecular formula is C19H12N4O3. The molecule has 0 bridgehead atoms. The maximum Gasteiger partial charge on any atom is 0.275 e. The summed E-state index contributed by atoms with van der Waals surface area (Å²) in [6, 6.07) is 13.1. The average Bonchev–Trinajstić information content (AvgIpc) is 2.94. The lowest BCUT2D eigenvalue weighted by atomic mass is 10.1. The van der Waals surface area contributed by atoms with Gasteiger partial charge in [0.2, 0.25) is 0 Å². The molecule has 26 heavy (non-hydrogen) atoms. The van der Waals surface area contributed by atoms with Crippen molar-refractivity contribution in [2.75, 3.05) is 10.2 Å². The number of hydrogen-bond acceptors (Lipinski definition) is 5. The molecule has 0 spiro atoms. The lowest BCUT2D eigenvalue weighted by Gasteiger charge is -2.14. The summed E-state index contributed by atoms with van der Waals surface area (Å²) in [5, 5.41) is 2.69. The largest absolute Gasteiger partial charge is 0.321 e. The number of anilines is 2. The molecule has 0 saturated heterocycles. The van der Waals surface area contributed by atoms with Gasteiger partial charge in [-0.15, -0.1) is 0 Å². The number of carbonyl (C=O) groups excluding carboxylic acids is 3. The van der Waals surface area contributed by atoms with E-state index in [2.05, 4.69) is 15.3 Å². The SMILES string of the molecule is O=C(Nc1ccc(N2C(=O)c3ccccc3C2=O)cc1)c1cnccn1. The van der Waals surface area contributed by atoms with Crippen molar-refractivity contribution < 1.29 is 14.4 Å². The van der Waals surface area contributed by atoms with Gasteiger partial charge in [0.25, 0.3) is 17.7 Å². The van der Waals surface area contributed by atoms with E-state index in [9.17, 15) is 14.4 Å². The summed E-state index contributed by atoms with van der Waals surface area (Å²) in [7, 11) is 0. The third-order valence-electron chi connectivity index (χ3n) is 3.97. The van der Waals surface area contributed by atoms with E-state index in [1.54, 1.807) is 48.5 Å². The van der Waals surface area contributed by atoms with Crippen LogP contribution in [0.25, 0.3) is 0 Å². The predicted octanol–water partition coefficient (Wildman–Crippen LogP) is 2.53. The van der Waals surface area contributed by atoms with E-state index in [0.717, 1.165) is 4.90 Å². The van der Waals surface area contributed by atoms with Crippen LogP contribution >= 0.6 is 0 Å². The van der Waals surface area contributed by atoms with Gasteiger partial charge >= 0.3 is 0 Å². The fraction of sp³-hybridized carbons (Fsp3) is 0. The summed E-state index contributed by atoms with van der Waals surface area (Å²) < 4.78 is 0. The summed E-state index contributed by atoms with van der Waals surface area (Å²) in [6.07, 6.45) is 4.27. The maximum absolute atomic E-state index is 12.5. The highest BCUT2D eigenvalue weighted by atomic mass is 16.2. The van der Waals surface area contributed by atoms with Crippen LogP contribution in [0.1, 0.15) is 31.2 Å². The molecule has 7 nitrogen and oxygen atoms in total. The number of nitrogens with one attached hydrogen (secondary N) is 1. The van der Waals surface area contributed by atoms with Crippen LogP contribution in [0.15, 0.2) is 67.1 Å². The molecule has 4 rings (SSSR count). The summed E-state index contributed by atoms with van der Waals surface area (Å²) >= 11 is 0. The topological polar surface area (TPSA) is 92.3 Å². The summed E-state index contributed by atoms with van der Waals surface area (Å²) in [6.45, 7) is 0. The molecule has 3 amide bonds. The standard InChI is InChI=1S/C19H12N4O3/c24-17(16-11-20-9-10-21-16)22-12-5-7-13(8-6-12)23-18(25)14-3-1-2-4-15(14)19(23)26/h1-11H,(H,22,24). The number of hydrogen-bond donors (Lipinski definition) is 1. The van der Waals surface area contributed by atoms with Gasteiger partial charge in [-0.2, -0.15) is 0 Å². The Morgan fingerprint density at radius 1 is 0.885 bits per heavy atom. The molecule has 0 unspecified atom stereocenters. The second-order valence-corrected chi connectivity index (χ2v) is 5.58. The van der Waals surface area contributed by atoms with Crippen molar-refractivity contribution in [3.8, 4) is 0 Å². The van der Waals surface area contributed by atoms with Gasteiger partial charge in [-0.25, -0.2) is 9.88 Å². The minimum Gasteiger partial charge on any atom is -0.321 e. The Morgan fingerprint density at radius 2 is 1.54 bits per heavy atom. The highest BCUT2D eigenvalue weighted by Gasteiger charge is 2.36. The van der Waals surface area contributed by atoms with Crippen LogP contribution in [0.4, 0.5) is 11.4 Å². The Morgan fingerprint density at radius 3 is 2.12 bits per heavy atom. The quantitative estimate of drug-likeness (QED) is 0.737. The molecule has 0 fully saturated rings. The van der Waals surface area contributed by atoms with E-state index in [1.165, 1.54) is 18.6 Å². The van der Waals surface area contributed by atoms with Crippen molar-refractivity contribution in [2.45, 2.75) is 0 Å². The third kappa shape index (κ3) is 2.61. The Balaban J connectivity index is 1.55. The van der Waals surface area contributed by atoms with Gasteiger partial charge < -0.3 is 5.32 Å². The van der Waals surface area contributed by atoms with Crippen LogP contribution in [0.3, 0.4) is 0 Å². The third-order valence-corrected chi connectivity index (χ3v) is 3.97. The van der Waals surface area contributed by atoms with E-state index >= 15 is 0 Å². The first-order valence-corrected chi connectivity index (χ1v) is 7.80. The second kappa shape index (κ2) is 6.21. The van der Waals surface area contributed by atoms with E-state index in [4.69, 9.17) is 0 Å². The van der Waals surface area contributed by atoms with Crippen molar-refractivity contribution in [1.82, 2.24) is 9.97 Å². The Labute approximate surface area is 148 Å². The van der Waals surface area contributed by atoms with Crippen molar-refractivity contribution in [3.05, 3.63) is 83.9 Å². The molecule has 2 aromatic carbocycles. The first kappa shape index (κ1) is 15.6. The molecule has 1 N–H and O–H groups in total. The Bertz CT molecular complexity index is 981. The predicted molar refractivity (Wildman–Crippen MR) is 94.0 cm³/mol. The molecule has 1 aromatic heterocycles. The van der Waals surface area contributed by atoms with Gasteiger partial charge in [-0.3, -0.25) is 19.4 Å². The van der Waals surface area contributed by atoms with Gasteiger partial charge in [0.15, 0.2) is 0 Å². The van der Waals surface area contributed by atoms with Gasteiger partial charge in [-0.1, -0.05) is 12.1 Å². The zero-order valence-electron chi connectivity index (χ0n) is 13.4. The van der Waals surface area contributed by atoms with E-state index < -0.39 is 5.91 Å². The summed E-state index contributed by atoms with van der Waals surface area (Å²) in [4.78, 5) is 45.9. The molecule has 126 valence electrons. The lowest BCUT2D eigenvalue weighted by molar-refractivity contribution is 0.0924. The molecule has 0 radical (unpaired) electrons. The average molecular weight is 344 g/mol. The smallest absolute Gasteiger partial charge is 0.275 e. The monoisotopic (exact) mass is 344 g/mol. The van der Waals surface area contributed by atoms with E-state index in [1.807, 2.05) is 0 Å². The van der Waals surface area contributed by atoms with Crippen LogP contribution in [0.5, 0.6) is 0 Å². The Kier molecular flexibility index (Phi) is 3.74. The molecule has 0 saturated carbocycles. The molecule has 1 aliphatic rings. The first-order chi connectivity index (χ1) is 12.6. The molecule has 0 atom stereocenters. The minimum atomic E-state index is -0.397. The van der Waals surface area contributed by atoms with Crippen molar-refractivity contribution in [2.24, 2.45) is 0 Å². The fourth-order valence-corrected chi connectivity index (χ4v) is 2.73.